The molecule has 1 aromatic carbocycles. The highest BCUT2D eigenvalue weighted by Crippen LogP contribution is 2.37. The van der Waals surface area contributed by atoms with Gasteiger partial charge in [-0.3, -0.25) is 0 Å². The topological polar surface area (TPSA) is 57.4 Å². The largest absolute Gasteiger partial charge is 0.454 e. The summed E-state index contributed by atoms with van der Waals surface area (Å²) in [6.45, 7) is 2.99. The molecule has 0 spiro atoms. The first-order valence-corrected chi connectivity index (χ1v) is 6.71. The summed E-state index contributed by atoms with van der Waals surface area (Å²) < 4.78 is 10.7. The van der Waals surface area contributed by atoms with Crippen molar-refractivity contribution in [3.05, 3.63) is 29.3 Å². The van der Waals surface area contributed by atoms with Crippen molar-refractivity contribution in [3.8, 4) is 22.1 Å². The zero-order chi connectivity index (χ0) is 12.5. The molecule has 4 nitrogen and oxygen atoms in total. The maximum atomic E-state index is 5.65. The first-order valence-electron chi connectivity index (χ1n) is 5.83. The number of nitrogens with two attached hydrogens (primary N) is 1. The Morgan fingerprint density at radius 2 is 2.22 bits per heavy atom. The Bertz CT molecular complexity index is 568. The summed E-state index contributed by atoms with van der Waals surface area (Å²) in [5.74, 6) is 1.88. The van der Waals surface area contributed by atoms with Gasteiger partial charge >= 0.3 is 0 Å². The highest BCUT2D eigenvalue weighted by atomic mass is 32.1. The molecule has 2 heterocycles. The van der Waals surface area contributed by atoms with Crippen molar-refractivity contribution in [2.45, 2.75) is 12.8 Å². The molecular formula is C13H14N2O2S. The van der Waals surface area contributed by atoms with Gasteiger partial charge in [0, 0.05) is 23.4 Å². The van der Waals surface area contributed by atoms with Gasteiger partial charge in [-0.25, -0.2) is 4.98 Å². The zero-order valence-corrected chi connectivity index (χ0v) is 10.9. The standard InChI is InChI=1S/C13H14N2O2S/c1-8(5-14)10-6-18-13(15-10)9-2-3-11-12(4-9)17-7-16-11/h2-4,6,8H,5,7,14H2,1H3. The summed E-state index contributed by atoms with van der Waals surface area (Å²) >= 11 is 1.63. The van der Waals surface area contributed by atoms with Crippen LogP contribution < -0.4 is 15.2 Å². The van der Waals surface area contributed by atoms with E-state index in [9.17, 15) is 0 Å². The van der Waals surface area contributed by atoms with Crippen LogP contribution in [0.15, 0.2) is 23.6 Å². The van der Waals surface area contributed by atoms with Crippen LogP contribution in [0.1, 0.15) is 18.5 Å². The lowest BCUT2D eigenvalue weighted by Gasteiger charge is -2.03. The Morgan fingerprint density at radius 3 is 3.06 bits per heavy atom. The van der Waals surface area contributed by atoms with Crippen molar-refractivity contribution in [2.24, 2.45) is 5.73 Å². The predicted octanol–water partition coefficient (Wildman–Crippen LogP) is 2.60. The van der Waals surface area contributed by atoms with E-state index in [0.29, 0.717) is 19.3 Å². The Kier molecular flexibility index (Phi) is 2.93. The quantitative estimate of drug-likeness (QED) is 0.923. The Morgan fingerprint density at radius 1 is 1.39 bits per heavy atom. The molecule has 5 heteroatoms. The Labute approximate surface area is 109 Å². The summed E-state index contributed by atoms with van der Waals surface area (Å²) in [5, 5.41) is 3.06. The van der Waals surface area contributed by atoms with E-state index in [1.165, 1.54) is 0 Å². The van der Waals surface area contributed by atoms with Crippen molar-refractivity contribution < 1.29 is 9.47 Å². The van der Waals surface area contributed by atoms with Crippen LogP contribution in [0.2, 0.25) is 0 Å². The summed E-state index contributed by atoms with van der Waals surface area (Å²) in [6, 6.07) is 5.90. The predicted molar refractivity (Wildman–Crippen MR) is 71.1 cm³/mol. The number of hydrogen-bond donors (Lipinski definition) is 1. The van der Waals surface area contributed by atoms with Crippen LogP contribution in [0.5, 0.6) is 11.5 Å². The van der Waals surface area contributed by atoms with E-state index in [4.69, 9.17) is 15.2 Å². The van der Waals surface area contributed by atoms with Crippen LogP contribution >= 0.6 is 11.3 Å². The van der Waals surface area contributed by atoms with Crippen LogP contribution in [0, 0.1) is 0 Å². The van der Waals surface area contributed by atoms with Gasteiger partial charge in [0.2, 0.25) is 6.79 Å². The number of ether oxygens (including phenoxy) is 2. The minimum absolute atomic E-state index is 0.295. The van der Waals surface area contributed by atoms with E-state index in [0.717, 1.165) is 27.8 Å². The van der Waals surface area contributed by atoms with Crippen molar-refractivity contribution in [3.63, 3.8) is 0 Å². The molecule has 0 bridgehead atoms. The van der Waals surface area contributed by atoms with Gasteiger partial charge in [-0.2, -0.15) is 0 Å². The van der Waals surface area contributed by atoms with Crippen LogP contribution in [0.3, 0.4) is 0 Å². The lowest BCUT2D eigenvalue weighted by Crippen LogP contribution is -2.08. The number of thiazole rings is 1. The average molecular weight is 262 g/mol. The second kappa shape index (κ2) is 4.59. The van der Waals surface area contributed by atoms with Gasteiger partial charge < -0.3 is 15.2 Å². The van der Waals surface area contributed by atoms with E-state index in [1.54, 1.807) is 11.3 Å². The number of nitrogens with zero attached hydrogens (tertiary/aromatic N) is 1. The minimum Gasteiger partial charge on any atom is -0.454 e. The molecule has 94 valence electrons. The third kappa shape index (κ3) is 1.95. The summed E-state index contributed by atoms with van der Waals surface area (Å²) in [5.41, 5.74) is 7.76. The normalized spacial score (nSPS) is 14.8. The van der Waals surface area contributed by atoms with Crippen LogP contribution in [0.25, 0.3) is 10.6 Å². The molecule has 0 amide bonds. The first kappa shape index (κ1) is 11.5. The van der Waals surface area contributed by atoms with Crippen molar-refractivity contribution in [2.75, 3.05) is 13.3 Å². The molecule has 0 saturated heterocycles. The van der Waals surface area contributed by atoms with Gasteiger partial charge in [0.05, 0.1) is 5.69 Å². The molecule has 18 heavy (non-hydrogen) atoms. The fourth-order valence-electron chi connectivity index (χ4n) is 1.80. The third-order valence-electron chi connectivity index (χ3n) is 3.00. The molecule has 2 aromatic rings. The Hall–Kier alpha value is -1.59. The fourth-order valence-corrected chi connectivity index (χ4v) is 2.73. The van der Waals surface area contributed by atoms with E-state index in [1.807, 2.05) is 18.2 Å². The van der Waals surface area contributed by atoms with Gasteiger partial charge in [-0.05, 0) is 18.2 Å². The highest BCUT2D eigenvalue weighted by Gasteiger charge is 2.16. The maximum absolute atomic E-state index is 5.65. The number of aromatic nitrogens is 1. The van der Waals surface area contributed by atoms with Gasteiger partial charge in [0.15, 0.2) is 11.5 Å². The smallest absolute Gasteiger partial charge is 0.231 e. The lowest BCUT2D eigenvalue weighted by molar-refractivity contribution is 0.174. The molecule has 0 fully saturated rings. The van der Waals surface area contributed by atoms with Crippen molar-refractivity contribution >= 4 is 11.3 Å². The lowest BCUT2D eigenvalue weighted by atomic mass is 10.1. The van der Waals surface area contributed by atoms with Crippen LogP contribution in [0.4, 0.5) is 0 Å². The van der Waals surface area contributed by atoms with Gasteiger partial charge in [-0.1, -0.05) is 6.92 Å². The van der Waals surface area contributed by atoms with Gasteiger partial charge in [-0.15, -0.1) is 11.3 Å². The van der Waals surface area contributed by atoms with Crippen LogP contribution in [-0.2, 0) is 0 Å². The molecule has 1 aliphatic heterocycles. The molecule has 3 rings (SSSR count). The van der Waals surface area contributed by atoms with Crippen molar-refractivity contribution in [1.82, 2.24) is 4.98 Å². The van der Waals surface area contributed by atoms with E-state index < -0.39 is 0 Å². The van der Waals surface area contributed by atoms with Crippen LogP contribution in [-0.4, -0.2) is 18.3 Å². The molecule has 1 atom stereocenters. The highest BCUT2D eigenvalue weighted by molar-refractivity contribution is 7.13. The average Bonchev–Trinajstić information content (AvgIpc) is 3.05. The minimum atomic E-state index is 0.295. The molecule has 0 aliphatic carbocycles. The monoisotopic (exact) mass is 262 g/mol. The number of fused-ring (bicyclic) bond motifs is 1. The second-order valence-electron chi connectivity index (χ2n) is 4.28. The first-order chi connectivity index (χ1) is 8.78. The number of benzene rings is 1. The maximum Gasteiger partial charge on any atom is 0.231 e. The summed E-state index contributed by atoms with van der Waals surface area (Å²) in [6.07, 6.45) is 0. The summed E-state index contributed by atoms with van der Waals surface area (Å²) in [4.78, 5) is 4.62. The Balaban J connectivity index is 1.92. The van der Waals surface area contributed by atoms with E-state index in [2.05, 4.69) is 17.3 Å². The number of rotatable bonds is 3. The van der Waals surface area contributed by atoms with Gasteiger partial charge in [0.1, 0.15) is 5.01 Å². The SMILES string of the molecule is CC(CN)c1csc(-c2ccc3c(c2)OCO3)n1. The molecular weight excluding hydrogens is 248 g/mol. The van der Waals surface area contributed by atoms with E-state index >= 15 is 0 Å². The molecule has 2 N–H and O–H groups in total. The molecule has 0 radical (unpaired) electrons. The molecule has 1 aliphatic rings. The molecule has 1 unspecified atom stereocenters. The zero-order valence-electron chi connectivity index (χ0n) is 10.1. The van der Waals surface area contributed by atoms with Crippen molar-refractivity contribution in [1.29, 1.82) is 0 Å². The number of hydrogen-bond acceptors (Lipinski definition) is 5. The summed E-state index contributed by atoms with van der Waals surface area (Å²) in [7, 11) is 0. The van der Waals surface area contributed by atoms with E-state index in [-0.39, 0.29) is 0 Å². The fraction of sp³-hybridized carbons (Fsp3) is 0.308. The second-order valence-corrected chi connectivity index (χ2v) is 5.14. The molecule has 1 aromatic heterocycles. The van der Waals surface area contributed by atoms with Gasteiger partial charge in [0.25, 0.3) is 0 Å². The molecule has 0 saturated carbocycles. The third-order valence-corrected chi connectivity index (χ3v) is 3.91.